The van der Waals surface area contributed by atoms with Gasteiger partial charge in [-0.15, -0.1) is 0 Å². The maximum atomic E-state index is 13.4. The van der Waals surface area contributed by atoms with Crippen LogP contribution < -0.4 is 10.6 Å². The first-order valence-electron chi connectivity index (χ1n) is 6.69. The van der Waals surface area contributed by atoms with E-state index < -0.39 is 29.5 Å². The fourth-order valence-corrected chi connectivity index (χ4v) is 1.52. The fraction of sp³-hybridized carbons (Fsp3) is 0.467. The van der Waals surface area contributed by atoms with Gasteiger partial charge < -0.3 is 15.4 Å². The van der Waals surface area contributed by atoms with Crippen LogP contribution in [0.3, 0.4) is 0 Å². The molecule has 5 nitrogen and oxygen atoms in total. The molecule has 0 fully saturated rings. The summed E-state index contributed by atoms with van der Waals surface area (Å²) in [4.78, 5) is 23.3. The van der Waals surface area contributed by atoms with Gasteiger partial charge in [-0.2, -0.15) is 0 Å². The lowest BCUT2D eigenvalue weighted by atomic mass is 10.1. The number of alkyl carbamates (subject to hydrolysis) is 1. The Labute approximate surface area is 123 Å². The number of carbonyl (C=O) groups excluding carboxylic acids is 2. The molecule has 2 amide bonds. The molecule has 0 aliphatic rings. The molecule has 0 heterocycles. The Morgan fingerprint density at radius 2 is 1.90 bits per heavy atom. The van der Waals surface area contributed by atoms with E-state index in [4.69, 9.17) is 4.74 Å². The van der Waals surface area contributed by atoms with Crippen LogP contribution in [0, 0.1) is 5.82 Å². The Hall–Kier alpha value is -2.11. The Bertz CT molecular complexity index is 512. The molecule has 0 aromatic heterocycles. The van der Waals surface area contributed by atoms with Gasteiger partial charge in [-0.05, 0) is 33.8 Å². The SMILES string of the molecule is C[C@@H](OC(=O)NC(C)(C)C)C(=O)NCc1ccccc1F. The van der Waals surface area contributed by atoms with E-state index in [1.54, 1.807) is 39.0 Å². The second-order valence-electron chi connectivity index (χ2n) is 5.73. The van der Waals surface area contributed by atoms with Gasteiger partial charge in [-0.1, -0.05) is 18.2 Å². The van der Waals surface area contributed by atoms with Crippen LogP contribution in [0.1, 0.15) is 33.3 Å². The van der Waals surface area contributed by atoms with Crippen molar-refractivity contribution in [3.8, 4) is 0 Å². The number of halogens is 1. The number of benzene rings is 1. The molecule has 6 heteroatoms. The molecule has 1 rings (SSSR count). The summed E-state index contributed by atoms with van der Waals surface area (Å²) in [6.45, 7) is 6.91. The van der Waals surface area contributed by atoms with Gasteiger partial charge in [0.25, 0.3) is 5.91 Å². The summed E-state index contributed by atoms with van der Waals surface area (Å²) < 4.78 is 18.3. The van der Waals surface area contributed by atoms with Crippen molar-refractivity contribution in [3.05, 3.63) is 35.6 Å². The minimum atomic E-state index is -0.959. The molecule has 0 aliphatic heterocycles. The lowest BCUT2D eigenvalue weighted by molar-refractivity contribution is -0.128. The number of hydrogen-bond donors (Lipinski definition) is 2. The van der Waals surface area contributed by atoms with Crippen molar-refractivity contribution >= 4 is 12.0 Å². The third kappa shape index (κ3) is 6.25. The monoisotopic (exact) mass is 296 g/mol. The minimum absolute atomic E-state index is 0.0418. The zero-order valence-corrected chi connectivity index (χ0v) is 12.7. The van der Waals surface area contributed by atoms with Crippen LogP contribution in [-0.4, -0.2) is 23.6 Å². The van der Waals surface area contributed by atoms with Gasteiger partial charge in [-0.25, -0.2) is 9.18 Å². The first kappa shape index (κ1) is 16.9. The van der Waals surface area contributed by atoms with Gasteiger partial charge in [-0.3, -0.25) is 4.79 Å². The molecule has 2 N–H and O–H groups in total. The fourth-order valence-electron chi connectivity index (χ4n) is 1.52. The number of nitrogens with one attached hydrogen (secondary N) is 2. The van der Waals surface area contributed by atoms with Crippen molar-refractivity contribution < 1.29 is 18.7 Å². The Morgan fingerprint density at radius 1 is 1.29 bits per heavy atom. The zero-order chi connectivity index (χ0) is 16.0. The average molecular weight is 296 g/mol. The standard InChI is InChI=1S/C15H21FN2O3/c1-10(21-14(20)18-15(2,3)4)13(19)17-9-11-7-5-6-8-12(11)16/h5-8,10H,9H2,1-4H3,(H,17,19)(H,18,20)/t10-/m1/s1. The summed E-state index contributed by atoms with van der Waals surface area (Å²) in [5.41, 5.74) is -0.0716. The van der Waals surface area contributed by atoms with Crippen molar-refractivity contribution in [1.82, 2.24) is 10.6 Å². The lowest BCUT2D eigenvalue weighted by Crippen LogP contribution is -2.44. The lowest BCUT2D eigenvalue weighted by Gasteiger charge is -2.21. The molecule has 0 saturated heterocycles. The van der Waals surface area contributed by atoms with Crippen molar-refractivity contribution in [3.63, 3.8) is 0 Å². The normalized spacial score (nSPS) is 12.4. The van der Waals surface area contributed by atoms with Crippen LogP contribution in [-0.2, 0) is 16.1 Å². The molecule has 1 aromatic rings. The summed E-state index contributed by atoms with van der Waals surface area (Å²) in [5.74, 6) is -0.876. The minimum Gasteiger partial charge on any atom is -0.436 e. The molecule has 0 bridgehead atoms. The zero-order valence-electron chi connectivity index (χ0n) is 12.7. The van der Waals surface area contributed by atoms with Crippen LogP contribution in [0.4, 0.5) is 9.18 Å². The van der Waals surface area contributed by atoms with E-state index in [2.05, 4.69) is 10.6 Å². The second-order valence-corrected chi connectivity index (χ2v) is 5.73. The summed E-state index contributed by atoms with van der Waals surface area (Å²) in [6, 6.07) is 6.15. The molecule has 1 aromatic carbocycles. The first-order valence-corrected chi connectivity index (χ1v) is 6.69. The van der Waals surface area contributed by atoms with Gasteiger partial charge in [0.1, 0.15) is 5.82 Å². The van der Waals surface area contributed by atoms with E-state index in [-0.39, 0.29) is 6.54 Å². The van der Waals surface area contributed by atoms with Crippen molar-refractivity contribution in [1.29, 1.82) is 0 Å². The molecule has 21 heavy (non-hydrogen) atoms. The molecule has 0 aliphatic carbocycles. The number of carbonyl (C=O) groups is 2. The largest absolute Gasteiger partial charge is 0.436 e. The van der Waals surface area contributed by atoms with Crippen LogP contribution in [0.15, 0.2) is 24.3 Å². The van der Waals surface area contributed by atoms with Gasteiger partial charge >= 0.3 is 6.09 Å². The molecular weight excluding hydrogens is 275 g/mol. The van der Waals surface area contributed by atoms with E-state index in [1.807, 2.05) is 0 Å². The third-order valence-corrected chi connectivity index (χ3v) is 2.54. The molecule has 0 unspecified atom stereocenters. The van der Waals surface area contributed by atoms with E-state index in [0.29, 0.717) is 5.56 Å². The van der Waals surface area contributed by atoms with Crippen LogP contribution in [0.2, 0.25) is 0 Å². The summed E-state index contributed by atoms with van der Waals surface area (Å²) in [6.07, 6.45) is -1.63. The highest BCUT2D eigenvalue weighted by molar-refractivity contribution is 5.83. The van der Waals surface area contributed by atoms with E-state index >= 15 is 0 Å². The van der Waals surface area contributed by atoms with Crippen LogP contribution >= 0.6 is 0 Å². The molecule has 0 radical (unpaired) electrons. The van der Waals surface area contributed by atoms with E-state index in [9.17, 15) is 14.0 Å². The van der Waals surface area contributed by atoms with Crippen molar-refractivity contribution in [2.75, 3.05) is 0 Å². The summed E-state index contributed by atoms with van der Waals surface area (Å²) >= 11 is 0. The average Bonchev–Trinajstić information content (AvgIpc) is 2.34. The number of rotatable bonds is 4. The topological polar surface area (TPSA) is 67.4 Å². The highest BCUT2D eigenvalue weighted by atomic mass is 19.1. The van der Waals surface area contributed by atoms with Gasteiger partial charge in [0.2, 0.25) is 0 Å². The quantitative estimate of drug-likeness (QED) is 0.896. The molecular formula is C15H21FN2O3. The van der Waals surface area contributed by atoms with E-state index in [0.717, 1.165) is 0 Å². The van der Waals surface area contributed by atoms with Crippen LogP contribution in [0.25, 0.3) is 0 Å². The maximum Gasteiger partial charge on any atom is 0.408 e. The number of ether oxygens (including phenoxy) is 1. The molecule has 0 spiro atoms. The predicted octanol–water partition coefficient (Wildman–Crippen LogP) is 2.36. The van der Waals surface area contributed by atoms with Gasteiger partial charge in [0.15, 0.2) is 6.10 Å². The van der Waals surface area contributed by atoms with Crippen molar-refractivity contribution in [2.45, 2.75) is 45.9 Å². The van der Waals surface area contributed by atoms with Crippen LogP contribution in [0.5, 0.6) is 0 Å². The van der Waals surface area contributed by atoms with Crippen molar-refractivity contribution in [2.24, 2.45) is 0 Å². The number of hydrogen-bond acceptors (Lipinski definition) is 3. The summed E-state index contributed by atoms with van der Waals surface area (Å²) in [7, 11) is 0. The molecule has 1 atom stereocenters. The van der Waals surface area contributed by atoms with Gasteiger partial charge in [0, 0.05) is 17.6 Å². The smallest absolute Gasteiger partial charge is 0.408 e. The first-order chi connectivity index (χ1) is 9.69. The highest BCUT2D eigenvalue weighted by Crippen LogP contribution is 2.06. The second kappa shape index (κ2) is 7.06. The van der Waals surface area contributed by atoms with E-state index in [1.165, 1.54) is 13.0 Å². The van der Waals surface area contributed by atoms with Gasteiger partial charge in [0.05, 0.1) is 0 Å². The Morgan fingerprint density at radius 3 is 2.48 bits per heavy atom. The Balaban J connectivity index is 2.45. The number of amides is 2. The summed E-state index contributed by atoms with van der Waals surface area (Å²) in [5, 5.41) is 5.11. The maximum absolute atomic E-state index is 13.4. The molecule has 0 saturated carbocycles. The third-order valence-electron chi connectivity index (χ3n) is 2.54. The Kier molecular flexibility index (Phi) is 5.69. The molecule has 116 valence electrons. The highest BCUT2D eigenvalue weighted by Gasteiger charge is 2.21. The predicted molar refractivity (Wildman–Crippen MR) is 77.1 cm³/mol.